The van der Waals surface area contributed by atoms with Crippen LogP contribution in [-0.4, -0.2) is 39.0 Å². The molecule has 1 unspecified atom stereocenters. The minimum atomic E-state index is -3.48. The van der Waals surface area contributed by atoms with E-state index in [1.54, 1.807) is 25.2 Å². The zero-order chi connectivity index (χ0) is 14.6. The summed E-state index contributed by atoms with van der Waals surface area (Å²) >= 11 is 5.76. The second-order valence-corrected chi connectivity index (χ2v) is 7.37. The number of hydrogen-bond acceptors (Lipinski definition) is 3. The molecule has 0 bridgehead atoms. The Morgan fingerprint density at radius 2 is 2.20 bits per heavy atom. The summed E-state index contributed by atoms with van der Waals surface area (Å²) in [5.41, 5.74) is 0.801. The Morgan fingerprint density at radius 1 is 1.40 bits per heavy atom. The topological polar surface area (TPSA) is 46.6 Å². The minimum Gasteiger partial charge on any atom is -0.377 e. The quantitative estimate of drug-likeness (QED) is 0.784. The highest BCUT2D eigenvalue weighted by atomic mass is 35.5. The third kappa shape index (κ3) is 3.73. The largest absolute Gasteiger partial charge is 0.377 e. The van der Waals surface area contributed by atoms with Crippen LogP contribution in [0.25, 0.3) is 0 Å². The van der Waals surface area contributed by atoms with E-state index in [1.807, 2.05) is 6.07 Å². The van der Waals surface area contributed by atoms with Gasteiger partial charge < -0.3 is 4.74 Å². The third-order valence-corrected chi connectivity index (χ3v) is 5.62. The van der Waals surface area contributed by atoms with Gasteiger partial charge in [-0.1, -0.05) is 12.1 Å². The van der Waals surface area contributed by atoms with Crippen molar-refractivity contribution in [1.82, 2.24) is 4.31 Å². The number of alkyl halides is 1. The first-order valence-electron chi connectivity index (χ1n) is 6.77. The summed E-state index contributed by atoms with van der Waals surface area (Å²) < 4.78 is 32.0. The van der Waals surface area contributed by atoms with Gasteiger partial charge in [-0.15, -0.1) is 11.6 Å². The van der Waals surface area contributed by atoms with Crippen LogP contribution in [0, 0.1) is 0 Å². The van der Waals surface area contributed by atoms with Crippen molar-refractivity contribution < 1.29 is 13.2 Å². The van der Waals surface area contributed by atoms with Gasteiger partial charge in [-0.25, -0.2) is 8.42 Å². The van der Waals surface area contributed by atoms with Gasteiger partial charge in [0.2, 0.25) is 10.0 Å². The lowest BCUT2D eigenvalue weighted by Gasteiger charge is -2.27. The van der Waals surface area contributed by atoms with Crippen molar-refractivity contribution in [3.63, 3.8) is 0 Å². The number of benzene rings is 1. The molecule has 0 amide bonds. The monoisotopic (exact) mass is 317 g/mol. The van der Waals surface area contributed by atoms with E-state index >= 15 is 0 Å². The molecule has 0 saturated carbocycles. The zero-order valence-electron chi connectivity index (χ0n) is 11.6. The van der Waals surface area contributed by atoms with Crippen molar-refractivity contribution in [2.75, 3.05) is 20.2 Å². The molecule has 0 radical (unpaired) electrons. The van der Waals surface area contributed by atoms with Crippen LogP contribution in [0.5, 0.6) is 0 Å². The molecule has 0 N–H and O–H groups in total. The highest BCUT2D eigenvalue weighted by Gasteiger charge is 2.25. The van der Waals surface area contributed by atoms with Crippen LogP contribution in [0.2, 0.25) is 0 Å². The number of rotatable bonds is 5. The van der Waals surface area contributed by atoms with E-state index in [0.29, 0.717) is 12.4 Å². The van der Waals surface area contributed by atoms with Crippen molar-refractivity contribution in [2.45, 2.75) is 36.1 Å². The van der Waals surface area contributed by atoms with E-state index in [2.05, 4.69) is 0 Å². The summed E-state index contributed by atoms with van der Waals surface area (Å²) in [6, 6.07) is 6.76. The summed E-state index contributed by atoms with van der Waals surface area (Å²) in [5.74, 6) is 0.304. The molecule has 112 valence electrons. The molecule has 1 saturated heterocycles. The lowest BCUT2D eigenvalue weighted by atomic mass is 10.1. The molecule has 20 heavy (non-hydrogen) atoms. The molecular weight excluding hydrogens is 298 g/mol. The lowest BCUT2D eigenvalue weighted by Crippen LogP contribution is -2.37. The molecule has 6 heteroatoms. The van der Waals surface area contributed by atoms with Gasteiger partial charge >= 0.3 is 0 Å². The molecule has 1 aliphatic heterocycles. The van der Waals surface area contributed by atoms with E-state index in [1.165, 1.54) is 4.31 Å². The average Bonchev–Trinajstić information content (AvgIpc) is 2.48. The number of hydrogen-bond donors (Lipinski definition) is 0. The van der Waals surface area contributed by atoms with Crippen molar-refractivity contribution in [3.05, 3.63) is 29.8 Å². The van der Waals surface area contributed by atoms with E-state index in [-0.39, 0.29) is 11.0 Å². The Bertz CT molecular complexity index is 541. The van der Waals surface area contributed by atoms with E-state index in [0.717, 1.165) is 31.4 Å². The fourth-order valence-corrected chi connectivity index (χ4v) is 3.74. The molecule has 1 aromatic rings. The SMILES string of the molecule is CN(CC1CCCCO1)S(=O)(=O)c1cccc(CCl)c1. The molecular formula is C14H20ClNO3S. The number of sulfonamides is 1. The highest BCUT2D eigenvalue weighted by molar-refractivity contribution is 7.89. The molecule has 1 heterocycles. The highest BCUT2D eigenvalue weighted by Crippen LogP contribution is 2.20. The molecule has 4 nitrogen and oxygen atoms in total. The van der Waals surface area contributed by atoms with Crippen LogP contribution < -0.4 is 0 Å². The maximum Gasteiger partial charge on any atom is 0.242 e. The number of likely N-dealkylation sites (N-methyl/N-ethyl adjacent to an activating group) is 1. The van der Waals surface area contributed by atoms with Gasteiger partial charge in [0.25, 0.3) is 0 Å². The fraction of sp³-hybridized carbons (Fsp3) is 0.571. The Hall–Kier alpha value is -0.620. The van der Waals surface area contributed by atoms with Crippen molar-refractivity contribution in [2.24, 2.45) is 0 Å². The average molecular weight is 318 g/mol. The van der Waals surface area contributed by atoms with Crippen molar-refractivity contribution in [3.8, 4) is 0 Å². The van der Waals surface area contributed by atoms with Gasteiger partial charge in [0.05, 0.1) is 11.0 Å². The lowest BCUT2D eigenvalue weighted by molar-refractivity contribution is 0.00858. The second kappa shape index (κ2) is 6.89. The van der Waals surface area contributed by atoms with E-state index < -0.39 is 10.0 Å². The molecule has 1 aliphatic rings. The summed E-state index contributed by atoms with van der Waals surface area (Å²) in [7, 11) is -1.88. The van der Waals surface area contributed by atoms with Gasteiger partial charge in [0.1, 0.15) is 0 Å². The zero-order valence-corrected chi connectivity index (χ0v) is 13.2. The van der Waals surface area contributed by atoms with Crippen molar-refractivity contribution in [1.29, 1.82) is 0 Å². The molecule has 1 fully saturated rings. The molecule has 0 aliphatic carbocycles. The summed E-state index contributed by atoms with van der Waals surface area (Å²) in [6.45, 7) is 1.12. The first kappa shape index (κ1) is 15.8. The number of nitrogens with zero attached hydrogens (tertiary/aromatic N) is 1. The third-order valence-electron chi connectivity index (χ3n) is 3.50. The van der Waals surface area contributed by atoms with Gasteiger partial charge in [0, 0.05) is 26.1 Å². The minimum absolute atomic E-state index is 0.000246. The Morgan fingerprint density at radius 3 is 2.85 bits per heavy atom. The Labute approximate surface area is 125 Å². The molecule has 0 spiro atoms. The van der Waals surface area contributed by atoms with Crippen LogP contribution in [0.4, 0.5) is 0 Å². The van der Waals surface area contributed by atoms with E-state index in [9.17, 15) is 8.42 Å². The number of ether oxygens (including phenoxy) is 1. The normalized spacial score (nSPS) is 20.2. The second-order valence-electron chi connectivity index (χ2n) is 5.06. The molecule has 1 atom stereocenters. The van der Waals surface area contributed by atoms with Gasteiger partial charge in [-0.05, 0) is 37.0 Å². The predicted octanol–water partition coefficient (Wildman–Crippen LogP) is 2.62. The van der Waals surface area contributed by atoms with Gasteiger partial charge in [0.15, 0.2) is 0 Å². The summed E-state index contributed by atoms with van der Waals surface area (Å²) in [5, 5.41) is 0. The van der Waals surface area contributed by atoms with Crippen LogP contribution in [-0.2, 0) is 20.6 Å². The fourth-order valence-electron chi connectivity index (χ4n) is 2.31. The first-order valence-corrected chi connectivity index (χ1v) is 8.74. The standard InChI is InChI=1S/C14H20ClNO3S/c1-16(11-13-6-2-3-8-19-13)20(17,18)14-7-4-5-12(9-14)10-15/h4-5,7,9,13H,2-3,6,8,10-11H2,1H3. The summed E-state index contributed by atoms with van der Waals surface area (Å²) in [6.07, 6.45) is 3.08. The molecule has 0 aromatic heterocycles. The smallest absolute Gasteiger partial charge is 0.242 e. The molecule has 1 aromatic carbocycles. The van der Waals surface area contributed by atoms with Gasteiger partial charge in [-0.3, -0.25) is 0 Å². The Balaban J connectivity index is 2.11. The van der Waals surface area contributed by atoms with Crippen LogP contribution in [0.15, 0.2) is 29.2 Å². The molecule has 2 rings (SSSR count). The maximum atomic E-state index is 12.5. The van der Waals surface area contributed by atoms with Gasteiger partial charge in [-0.2, -0.15) is 4.31 Å². The number of halogens is 1. The Kier molecular flexibility index (Phi) is 5.43. The summed E-state index contributed by atoms with van der Waals surface area (Å²) in [4.78, 5) is 0.286. The van der Waals surface area contributed by atoms with Crippen LogP contribution >= 0.6 is 11.6 Å². The van der Waals surface area contributed by atoms with E-state index in [4.69, 9.17) is 16.3 Å². The predicted molar refractivity (Wildman–Crippen MR) is 79.4 cm³/mol. The first-order chi connectivity index (χ1) is 9.54. The van der Waals surface area contributed by atoms with Crippen LogP contribution in [0.3, 0.4) is 0 Å². The van der Waals surface area contributed by atoms with Crippen molar-refractivity contribution >= 4 is 21.6 Å². The maximum absolute atomic E-state index is 12.5. The van der Waals surface area contributed by atoms with Crippen LogP contribution in [0.1, 0.15) is 24.8 Å².